The van der Waals surface area contributed by atoms with Crippen molar-refractivity contribution < 1.29 is 4.79 Å². The summed E-state index contributed by atoms with van der Waals surface area (Å²) in [5.74, 6) is -0.347. The summed E-state index contributed by atoms with van der Waals surface area (Å²) in [7, 11) is 0. The van der Waals surface area contributed by atoms with Crippen molar-refractivity contribution in [1.29, 1.82) is 0 Å². The predicted molar refractivity (Wildman–Crippen MR) is 63.6 cm³/mol. The molecule has 1 atom stereocenters. The zero-order valence-corrected chi connectivity index (χ0v) is 9.26. The summed E-state index contributed by atoms with van der Waals surface area (Å²) in [4.78, 5) is 15.3. The highest BCUT2D eigenvalue weighted by molar-refractivity contribution is 6.30. The molecule has 1 unspecified atom stereocenters. The molecule has 2 aromatic rings. The van der Waals surface area contributed by atoms with E-state index in [1.807, 2.05) is 30.3 Å². The van der Waals surface area contributed by atoms with Crippen molar-refractivity contribution in [3.8, 4) is 0 Å². The van der Waals surface area contributed by atoms with Crippen LogP contribution in [0.1, 0.15) is 17.2 Å². The van der Waals surface area contributed by atoms with Crippen LogP contribution in [-0.4, -0.2) is 11.3 Å². The molecule has 0 saturated carbocycles. The number of aldehydes is 1. The number of hydrogen-bond donors (Lipinski definition) is 0. The number of nitrogens with zero attached hydrogens (tertiary/aromatic N) is 1. The fourth-order valence-corrected chi connectivity index (χ4v) is 1.74. The first-order valence-electron chi connectivity index (χ1n) is 4.93. The third-order valence-corrected chi connectivity index (χ3v) is 2.59. The van der Waals surface area contributed by atoms with Crippen LogP contribution in [0.3, 0.4) is 0 Å². The Hall–Kier alpha value is -1.67. The second-order valence-electron chi connectivity index (χ2n) is 3.42. The van der Waals surface area contributed by atoms with E-state index in [9.17, 15) is 4.79 Å². The van der Waals surface area contributed by atoms with Gasteiger partial charge < -0.3 is 4.79 Å². The first kappa shape index (κ1) is 10.8. The third-order valence-electron chi connectivity index (χ3n) is 2.36. The van der Waals surface area contributed by atoms with Gasteiger partial charge in [-0.3, -0.25) is 4.98 Å². The molecule has 16 heavy (non-hydrogen) atoms. The molecule has 1 aromatic carbocycles. The van der Waals surface area contributed by atoms with Gasteiger partial charge in [0, 0.05) is 11.2 Å². The summed E-state index contributed by atoms with van der Waals surface area (Å²) < 4.78 is 0. The third kappa shape index (κ3) is 2.28. The molecule has 0 aliphatic heterocycles. The fraction of sp³-hybridized carbons (Fsp3) is 0.0769. The number of benzene rings is 1. The summed E-state index contributed by atoms with van der Waals surface area (Å²) in [6.07, 6.45) is 2.49. The zero-order valence-electron chi connectivity index (χ0n) is 8.51. The van der Waals surface area contributed by atoms with Crippen molar-refractivity contribution in [1.82, 2.24) is 4.98 Å². The summed E-state index contributed by atoms with van der Waals surface area (Å²) in [5.41, 5.74) is 1.60. The van der Waals surface area contributed by atoms with Gasteiger partial charge in [0.05, 0.1) is 11.6 Å². The van der Waals surface area contributed by atoms with Crippen LogP contribution in [0.4, 0.5) is 0 Å². The maximum atomic E-state index is 11.1. The van der Waals surface area contributed by atoms with E-state index < -0.39 is 0 Å². The molecule has 0 saturated heterocycles. The minimum Gasteiger partial charge on any atom is -0.302 e. The van der Waals surface area contributed by atoms with Gasteiger partial charge in [0.2, 0.25) is 0 Å². The van der Waals surface area contributed by atoms with Crippen molar-refractivity contribution >= 4 is 17.9 Å². The van der Waals surface area contributed by atoms with E-state index >= 15 is 0 Å². The number of hydrogen-bond acceptors (Lipinski definition) is 2. The van der Waals surface area contributed by atoms with E-state index in [0.29, 0.717) is 10.7 Å². The van der Waals surface area contributed by atoms with Crippen LogP contribution in [0, 0.1) is 0 Å². The van der Waals surface area contributed by atoms with Gasteiger partial charge in [0.15, 0.2) is 0 Å². The molecule has 2 rings (SSSR count). The molecule has 80 valence electrons. The molecule has 0 radical (unpaired) electrons. The summed E-state index contributed by atoms with van der Waals surface area (Å²) >= 11 is 5.88. The SMILES string of the molecule is O=CC(c1ccccc1)c1cc(Cl)ccn1. The quantitative estimate of drug-likeness (QED) is 0.760. The largest absolute Gasteiger partial charge is 0.302 e. The van der Waals surface area contributed by atoms with Gasteiger partial charge >= 0.3 is 0 Å². The molecule has 1 aromatic heterocycles. The number of halogens is 1. The average molecular weight is 232 g/mol. The standard InChI is InChI=1S/C13H10ClNO/c14-11-6-7-15-13(8-11)12(9-16)10-4-2-1-3-5-10/h1-9,12H. The van der Waals surface area contributed by atoms with E-state index in [1.165, 1.54) is 0 Å². The number of rotatable bonds is 3. The van der Waals surface area contributed by atoms with Gasteiger partial charge in [0.1, 0.15) is 6.29 Å². The number of pyridine rings is 1. The van der Waals surface area contributed by atoms with Crippen LogP contribution >= 0.6 is 11.6 Å². The van der Waals surface area contributed by atoms with Crippen LogP contribution < -0.4 is 0 Å². The maximum absolute atomic E-state index is 11.1. The molecular formula is C13H10ClNO. The number of aromatic nitrogens is 1. The van der Waals surface area contributed by atoms with Gasteiger partial charge in [-0.05, 0) is 17.7 Å². The van der Waals surface area contributed by atoms with Crippen molar-refractivity contribution in [3.05, 3.63) is 64.9 Å². The van der Waals surface area contributed by atoms with Crippen LogP contribution in [0.5, 0.6) is 0 Å². The first-order valence-corrected chi connectivity index (χ1v) is 5.31. The van der Waals surface area contributed by atoms with E-state index in [1.54, 1.807) is 18.3 Å². The molecule has 0 N–H and O–H groups in total. The lowest BCUT2D eigenvalue weighted by Gasteiger charge is -2.09. The summed E-state index contributed by atoms with van der Waals surface area (Å²) in [6, 6.07) is 12.9. The Bertz CT molecular complexity index is 484. The number of carbonyl (C=O) groups excluding carboxylic acids is 1. The molecule has 0 aliphatic carbocycles. The fourth-order valence-electron chi connectivity index (χ4n) is 1.57. The molecule has 0 amide bonds. The Kier molecular flexibility index (Phi) is 3.32. The molecule has 3 heteroatoms. The van der Waals surface area contributed by atoms with Crippen LogP contribution in [0.15, 0.2) is 48.7 Å². The molecule has 2 nitrogen and oxygen atoms in total. The van der Waals surface area contributed by atoms with E-state index in [-0.39, 0.29) is 5.92 Å². The Morgan fingerprint density at radius 1 is 1.19 bits per heavy atom. The van der Waals surface area contributed by atoms with Crippen LogP contribution in [-0.2, 0) is 4.79 Å². The van der Waals surface area contributed by atoms with Gasteiger partial charge in [0.25, 0.3) is 0 Å². The Morgan fingerprint density at radius 3 is 2.56 bits per heavy atom. The van der Waals surface area contributed by atoms with Crippen molar-refractivity contribution in [2.24, 2.45) is 0 Å². The predicted octanol–water partition coefficient (Wildman–Crippen LogP) is 3.07. The maximum Gasteiger partial charge on any atom is 0.133 e. The lowest BCUT2D eigenvalue weighted by atomic mass is 9.97. The van der Waals surface area contributed by atoms with Gasteiger partial charge in [-0.25, -0.2) is 0 Å². The topological polar surface area (TPSA) is 30.0 Å². The normalized spacial score (nSPS) is 12.1. The van der Waals surface area contributed by atoms with E-state index in [0.717, 1.165) is 11.8 Å². The zero-order chi connectivity index (χ0) is 11.4. The van der Waals surface area contributed by atoms with Gasteiger partial charge in [-0.15, -0.1) is 0 Å². The molecule has 0 spiro atoms. The number of carbonyl (C=O) groups is 1. The van der Waals surface area contributed by atoms with E-state index in [4.69, 9.17) is 11.6 Å². The monoisotopic (exact) mass is 231 g/mol. The lowest BCUT2D eigenvalue weighted by Crippen LogP contribution is -2.04. The van der Waals surface area contributed by atoms with Crippen LogP contribution in [0.25, 0.3) is 0 Å². The second-order valence-corrected chi connectivity index (χ2v) is 3.86. The Balaban J connectivity index is 2.41. The highest BCUT2D eigenvalue weighted by Gasteiger charge is 2.14. The minimum atomic E-state index is -0.347. The highest BCUT2D eigenvalue weighted by atomic mass is 35.5. The van der Waals surface area contributed by atoms with Gasteiger partial charge in [-0.1, -0.05) is 41.9 Å². The van der Waals surface area contributed by atoms with E-state index in [2.05, 4.69) is 4.98 Å². The van der Waals surface area contributed by atoms with Crippen LogP contribution in [0.2, 0.25) is 5.02 Å². The van der Waals surface area contributed by atoms with Crippen molar-refractivity contribution in [2.45, 2.75) is 5.92 Å². The summed E-state index contributed by atoms with van der Waals surface area (Å²) in [5, 5.41) is 0.591. The first-order chi connectivity index (χ1) is 7.81. The van der Waals surface area contributed by atoms with Gasteiger partial charge in [-0.2, -0.15) is 0 Å². The second kappa shape index (κ2) is 4.90. The van der Waals surface area contributed by atoms with Crippen molar-refractivity contribution in [2.75, 3.05) is 0 Å². The van der Waals surface area contributed by atoms with Crippen molar-refractivity contribution in [3.63, 3.8) is 0 Å². The molecule has 0 bridgehead atoms. The lowest BCUT2D eigenvalue weighted by molar-refractivity contribution is -0.108. The molecule has 0 fully saturated rings. The highest BCUT2D eigenvalue weighted by Crippen LogP contribution is 2.22. The minimum absolute atomic E-state index is 0.347. The molecule has 1 heterocycles. The average Bonchev–Trinajstić information content (AvgIpc) is 2.31. The summed E-state index contributed by atoms with van der Waals surface area (Å²) in [6.45, 7) is 0. The Morgan fingerprint density at radius 2 is 1.94 bits per heavy atom. The molecule has 0 aliphatic rings. The Labute approximate surface area is 98.9 Å². The molecular weight excluding hydrogens is 222 g/mol. The smallest absolute Gasteiger partial charge is 0.133 e.